The summed E-state index contributed by atoms with van der Waals surface area (Å²) in [6, 6.07) is 0. The molecule has 0 radical (unpaired) electrons. The molecule has 1 atom stereocenters. The van der Waals surface area contributed by atoms with Crippen LogP contribution < -0.4 is 0 Å². The number of hydrogen-bond donors (Lipinski definition) is 0. The first-order valence-corrected chi connectivity index (χ1v) is 9.74. The Kier molecular flexibility index (Phi) is 17.8. The van der Waals surface area contributed by atoms with Crippen molar-refractivity contribution in [2.24, 2.45) is 0 Å². The molecule has 0 bridgehead atoms. The van der Waals surface area contributed by atoms with Crippen LogP contribution in [0.4, 0.5) is 4.20 Å². The summed E-state index contributed by atoms with van der Waals surface area (Å²) >= 11 is 0. The third-order valence-electron chi connectivity index (χ3n) is 3.26. The second kappa shape index (κ2) is 18.4. The summed E-state index contributed by atoms with van der Waals surface area (Å²) in [4.78, 5) is 0. The highest BCUT2D eigenvalue weighted by Gasteiger charge is 1.94. The van der Waals surface area contributed by atoms with Crippen molar-refractivity contribution in [2.75, 3.05) is 6.61 Å². The molecule has 1 unspecified atom stereocenters. The summed E-state index contributed by atoms with van der Waals surface area (Å²) in [7, 11) is -3.22. The van der Waals surface area contributed by atoms with Crippen LogP contribution in [-0.2, 0) is 9.09 Å². The summed E-state index contributed by atoms with van der Waals surface area (Å²) in [6.07, 6.45) is 24.3. The Balaban J connectivity index is 3.20. The molecular formula is C18H32FO2P. The van der Waals surface area contributed by atoms with Crippen LogP contribution in [0.1, 0.15) is 71.1 Å². The molecular weight excluding hydrogens is 298 g/mol. The van der Waals surface area contributed by atoms with E-state index in [2.05, 4.69) is 47.9 Å². The number of unbranched alkanes of at least 4 members (excludes halogenated alkanes) is 6. The molecule has 22 heavy (non-hydrogen) atoms. The van der Waals surface area contributed by atoms with Crippen LogP contribution in [0.15, 0.2) is 36.5 Å². The zero-order chi connectivity index (χ0) is 16.3. The SMILES string of the molecule is CC/C=C\C/C=C\C/C=C\CCCCCCCCO[PH](=O)F. The fourth-order valence-electron chi connectivity index (χ4n) is 2.05. The maximum Gasteiger partial charge on any atom is 0.356 e. The van der Waals surface area contributed by atoms with Gasteiger partial charge in [-0.25, -0.2) is 0 Å². The van der Waals surface area contributed by atoms with Crippen LogP contribution in [-0.4, -0.2) is 6.61 Å². The highest BCUT2D eigenvalue weighted by Crippen LogP contribution is 2.23. The fourth-order valence-corrected chi connectivity index (χ4v) is 2.36. The molecule has 0 N–H and O–H groups in total. The van der Waals surface area contributed by atoms with Crippen LogP contribution in [0.3, 0.4) is 0 Å². The molecule has 0 saturated heterocycles. The minimum absolute atomic E-state index is 0.290. The van der Waals surface area contributed by atoms with Crippen LogP contribution >= 0.6 is 8.34 Å². The van der Waals surface area contributed by atoms with Crippen molar-refractivity contribution in [1.29, 1.82) is 0 Å². The van der Waals surface area contributed by atoms with Crippen molar-refractivity contribution in [2.45, 2.75) is 71.1 Å². The van der Waals surface area contributed by atoms with E-state index in [1.165, 1.54) is 19.3 Å². The van der Waals surface area contributed by atoms with Crippen LogP contribution in [0.25, 0.3) is 0 Å². The van der Waals surface area contributed by atoms with Crippen LogP contribution in [0.5, 0.6) is 0 Å². The second-order valence-corrected chi connectivity index (χ2v) is 6.05. The lowest BCUT2D eigenvalue weighted by Gasteiger charge is -2.00. The number of allylic oxidation sites excluding steroid dienone is 6. The van der Waals surface area contributed by atoms with Gasteiger partial charge < -0.3 is 4.52 Å². The highest BCUT2D eigenvalue weighted by atomic mass is 31.2. The lowest BCUT2D eigenvalue weighted by molar-refractivity contribution is 0.295. The molecule has 0 heterocycles. The number of halogens is 1. The molecule has 0 fully saturated rings. The number of rotatable bonds is 15. The first-order chi connectivity index (χ1) is 10.8. The second-order valence-electron chi connectivity index (χ2n) is 5.29. The maximum atomic E-state index is 11.9. The van der Waals surface area contributed by atoms with Crippen molar-refractivity contribution in [1.82, 2.24) is 0 Å². The minimum atomic E-state index is -3.22. The molecule has 0 aromatic carbocycles. The molecule has 0 rings (SSSR count). The van der Waals surface area contributed by atoms with Crippen molar-refractivity contribution in [3.05, 3.63) is 36.5 Å². The molecule has 0 amide bonds. The van der Waals surface area contributed by atoms with Crippen LogP contribution in [0.2, 0.25) is 0 Å². The Hall–Kier alpha value is -0.660. The smallest absolute Gasteiger partial charge is 0.308 e. The Morgan fingerprint density at radius 1 is 0.818 bits per heavy atom. The van der Waals surface area contributed by atoms with Gasteiger partial charge in [-0.05, 0) is 38.5 Å². The lowest BCUT2D eigenvalue weighted by Crippen LogP contribution is -1.86. The quantitative estimate of drug-likeness (QED) is 0.184. The van der Waals surface area contributed by atoms with Gasteiger partial charge in [-0.1, -0.05) is 69.1 Å². The van der Waals surface area contributed by atoms with E-state index in [-0.39, 0.29) is 0 Å². The van der Waals surface area contributed by atoms with E-state index < -0.39 is 8.34 Å². The molecule has 2 nitrogen and oxygen atoms in total. The van der Waals surface area contributed by atoms with Crippen molar-refractivity contribution in [3.8, 4) is 0 Å². The van der Waals surface area contributed by atoms with Gasteiger partial charge in [0.1, 0.15) is 0 Å². The first kappa shape index (κ1) is 21.3. The molecule has 0 saturated carbocycles. The Morgan fingerprint density at radius 2 is 1.36 bits per heavy atom. The lowest BCUT2D eigenvalue weighted by atomic mass is 10.1. The molecule has 0 aliphatic heterocycles. The Morgan fingerprint density at radius 3 is 2.00 bits per heavy atom. The molecule has 0 aromatic rings. The van der Waals surface area contributed by atoms with Gasteiger partial charge >= 0.3 is 8.34 Å². The average molecular weight is 330 g/mol. The van der Waals surface area contributed by atoms with Crippen LogP contribution in [0, 0.1) is 0 Å². The van der Waals surface area contributed by atoms with E-state index in [1.54, 1.807) is 0 Å². The summed E-state index contributed by atoms with van der Waals surface area (Å²) in [5.41, 5.74) is 0. The Labute approximate surface area is 136 Å². The predicted octanol–water partition coefficient (Wildman–Crippen LogP) is 6.95. The summed E-state index contributed by atoms with van der Waals surface area (Å²) in [5.74, 6) is 0. The van der Waals surface area contributed by atoms with Gasteiger partial charge in [-0.3, -0.25) is 4.57 Å². The zero-order valence-electron chi connectivity index (χ0n) is 13.9. The van der Waals surface area contributed by atoms with E-state index in [4.69, 9.17) is 0 Å². The third kappa shape index (κ3) is 19.3. The standard InChI is InChI=1S/C18H32FO2P/c1-2-3-4-5-6-7-8-9-10-11-12-13-14-15-16-17-18-21-22(19)20/h3-4,6-7,9-10,22H,2,5,8,11-18H2,1H3/b4-3-,7-6-,10-9-. The molecule has 0 spiro atoms. The van der Waals surface area contributed by atoms with Gasteiger partial charge in [0.25, 0.3) is 0 Å². The molecule has 0 aromatic heterocycles. The summed E-state index contributed by atoms with van der Waals surface area (Å²) < 4.78 is 26.4. The minimum Gasteiger partial charge on any atom is -0.308 e. The first-order valence-electron chi connectivity index (χ1n) is 8.54. The van der Waals surface area contributed by atoms with Gasteiger partial charge in [0, 0.05) is 0 Å². The van der Waals surface area contributed by atoms with Crippen molar-refractivity contribution in [3.63, 3.8) is 0 Å². The van der Waals surface area contributed by atoms with Gasteiger partial charge in [0.05, 0.1) is 6.61 Å². The zero-order valence-corrected chi connectivity index (χ0v) is 14.9. The van der Waals surface area contributed by atoms with E-state index in [0.717, 1.165) is 44.9 Å². The maximum absolute atomic E-state index is 11.9. The Bertz CT molecular complexity index is 338. The van der Waals surface area contributed by atoms with E-state index in [9.17, 15) is 8.76 Å². The van der Waals surface area contributed by atoms with Crippen molar-refractivity contribution < 1.29 is 13.3 Å². The normalized spacial score (nSPS) is 13.7. The van der Waals surface area contributed by atoms with E-state index in [0.29, 0.717) is 6.61 Å². The van der Waals surface area contributed by atoms with E-state index >= 15 is 0 Å². The van der Waals surface area contributed by atoms with Gasteiger partial charge in [0.2, 0.25) is 0 Å². The van der Waals surface area contributed by atoms with Gasteiger partial charge in [0.15, 0.2) is 0 Å². The van der Waals surface area contributed by atoms with Gasteiger partial charge in [-0.2, -0.15) is 4.20 Å². The average Bonchev–Trinajstić information content (AvgIpc) is 2.50. The number of hydrogen-bond acceptors (Lipinski definition) is 2. The summed E-state index contributed by atoms with van der Waals surface area (Å²) in [5, 5.41) is 0. The molecule has 128 valence electrons. The topological polar surface area (TPSA) is 26.3 Å². The monoisotopic (exact) mass is 330 g/mol. The molecule has 0 aliphatic carbocycles. The van der Waals surface area contributed by atoms with Crippen molar-refractivity contribution >= 4 is 8.34 Å². The van der Waals surface area contributed by atoms with Gasteiger partial charge in [-0.15, -0.1) is 0 Å². The third-order valence-corrected chi connectivity index (χ3v) is 3.69. The molecule has 4 heteroatoms. The molecule has 0 aliphatic rings. The summed E-state index contributed by atoms with van der Waals surface area (Å²) in [6.45, 7) is 2.44. The van der Waals surface area contributed by atoms with E-state index in [1.807, 2.05) is 0 Å². The highest BCUT2D eigenvalue weighted by molar-refractivity contribution is 7.32. The largest absolute Gasteiger partial charge is 0.356 e. The fraction of sp³-hybridized carbons (Fsp3) is 0.667. The predicted molar refractivity (Wildman–Crippen MR) is 95.3 cm³/mol.